The van der Waals surface area contributed by atoms with Crippen molar-refractivity contribution in [2.75, 3.05) is 33.7 Å². The Balaban J connectivity index is 0.000000646. The van der Waals surface area contributed by atoms with E-state index in [1.54, 1.807) is 29.6 Å². The zero-order chi connectivity index (χ0) is 31.9. The summed E-state index contributed by atoms with van der Waals surface area (Å²) in [6.45, 7) is 0.466. The number of nitrogens with zero attached hydrogens (tertiary/aromatic N) is 3. The van der Waals surface area contributed by atoms with Crippen LogP contribution in [-0.2, 0) is 16.2 Å². The summed E-state index contributed by atoms with van der Waals surface area (Å²) in [6, 6.07) is 9.24. The highest BCUT2D eigenvalue weighted by Crippen LogP contribution is 2.33. The number of benzene rings is 2. The molecule has 0 saturated carbocycles. The van der Waals surface area contributed by atoms with Gasteiger partial charge in [-0.2, -0.15) is 13.2 Å². The third-order valence-corrected chi connectivity index (χ3v) is 6.42. The Kier molecular flexibility index (Phi) is 10.8. The maximum Gasteiger partial charge on any atom is 0.490 e. The Labute approximate surface area is 244 Å². The summed E-state index contributed by atoms with van der Waals surface area (Å²) in [5, 5.41) is 18.5. The third-order valence-electron chi connectivity index (χ3n) is 5.60. The summed E-state index contributed by atoms with van der Waals surface area (Å²) >= 11 is 1.23. The smallest absolute Gasteiger partial charge is 0.486 e. The number of rotatable bonds is 10. The predicted octanol–water partition coefficient (Wildman–Crippen LogP) is 5.14. The molecule has 0 atom stereocenters. The van der Waals surface area contributed by atoms with Crippen LogP contribution in [0.5, 0.6) is 5.75 Å². The lowest BCUT2D eigenvalue weighted by Gasteiger charge is -2.21. The van der Waals surface area contributed by atoms with Crippen molar-refractivity contribution in [2.24, 2.45) is 0 Å². The lowest BCUT2D eigenvalue weighted by atomic mass is 10.0. The summed E-state index contributed by atoms with van der Waals surface area (Å²) in [5.41, 5.74) is 1.46. The second-order valence-electron chi connectivity index (χ2n) is 9.05. The first-order valence-corrected chi connectivity index (χ1v) is 13.0. The van der Waals surface area contributed by atoms with Crippen LogP contribution in [0.1, 0.15) is 15.5 Å². The minimum Gasteiger partial charge on any atom is -0.486 e. The number of fused-ring (bicyclic) bond motifs is 1. The molecule has 2 aromatic heterocycles. The quantitative estimate of drug-likeness (QED) is 0.229. The highest BCUT2D eigenvalue weighted by molar-refractivity contribution is 7.09. The van der Waals surface area contributed by atoms with Crippen LogP contribution in [0.2, 0.25) is 0 Å². The lowest BCUT2D eigenvalue weighted by molar-refractivity contribution is -0.192. The number of hydrogen-bond donors (Lipinski definition) is 2. The van der Waals surface area contributed by atoms with E-state index >= 15 is 0 Å². The first-order valence-electron chi connectivity index (χ1n) is 12.2. The molecule has 0 spiro atoms. The van der Waals surface area contributed by atoms with Crippen molar-refractivity contribution in [2.45, 2.75) is 12.8 Å². The summed E-state index contributed by atoms with van der Waals surface area (Å²) in [6.07, 6.45) is -3.77. The second kappa shape index (κ2) is 14.1. The predicted molar refractivity (Wildman–Crippen MR) is 144 cm³/mol. The van der Waals surface area contributed by atoms with Gasteiger partial charge in [-0.15, -0.1) is 11.3 Å². The fourth-order valence-electron chi connectivity index (χ4n) is 3.54. The zero-order valence-electron chi connectivity index (χ0n) is 22.5. The van der Waals surface area contributed by atoms with E-state index in [1.165, 1.54) is 28.6 Å². The van der Waals surface area contributed by atoms with E-state index in [1.807, 2.05) is 19.0 Å². The van der Waals surface area contributed by atoms with Crippen LogP contribution < -0.4 is 4.74 Å². The van der Waals surface area contributed by atoms with Gasteiger partial charge in [-0.1, -0.05) is 12.1 Å². The van der Waals surface area contributed by atoms with Gasteiger partial charge in [0.2, 0.25) is 0 Å². The molecule has 4 rings (SSSR count). The van der Waals surface area contributed by atoms with E-state index in [4.69, 9.17) is 24.2 Å². The van der Waals surface area contributed by atoms with Crippen LogP contribution in [0, 0.1) is 11.6 Å². The number of carbonyl (C=O) groups excluding carboxylic acids is 1. The van der Waals surface area contributed by atoms with Crippen LogP contribution >= 0.6 is 11.3 Å². The van der Waals surface area contributed by atoms with Gasteiger partial charge in [0.1, 0.15) is 35.2 Å². The maximum absolute atomic E-state index is 14.0. The summed E-state index contributed by atoms with van der Waals surface area (Å²) < 4.78 is 70.8. The Morgan fingerprint density at radius 1 is 1.05 bits per heavy atom. The molecule has 1 amide bonds. The number of hydrogen-bond acceptors (Lipinski definition) is 8. The second-order valence-corrected chi connectivity index (χ2v) is 9.99. The lowest BCUT2D eigenvalue weighted by Crippen LogP contribution is -2.40. The highest BCUT2D eigenvalue weighted by Gasteiger charge is 2.38. The number of carboxylic acid groups (broad SMARTS) is 2. The average molecular weight is 630 g/mol. The molecule has 0 aliphatic carbocycles. The van der Waals surface area contributed by atoms with Crippen LogP contribution in [0.3, 0.4) is 0 Å². The van der Waals surface area contributed by atoms with E-state index in [9.17, 15) is 31.5 Å². The Morgan fingerprint density at radius 2 is 1.70 bits per heavy atom. The van der Waals surface area contributed by atoms with Gasteiger partial charge in [0.15, 0.2) is 11.6 Å². The first kappa shape index (κ1) is 32.9. The standard InChI is InChI=1S/C25H23F2N3O5S.C2HF3O2/c1-29(2)8-9-30(12-22(31)32)25(33)20-14-36-21(28-20)13-35-16-5-3-15(4-6-16)18-11-19(26)23(27)17-7-10-34-24(17)18;3-2(4,5)1(6)7/h3-7,10-11,14H,8-9,12-13H2,1-2H3,(H,31,32);(H,6,7). The largest absolute Gasteiger partial charge is 0.490 e. The summed E-state index contributed by atoms with van der Waals surface area (Å²) in [5.74, 6) is -5.71. The van der Waals surface area contributed by atoms with Crippen LogP contribution in [0.4, 0.5) is 22.0 Å². The number of carbonyl (C=O) groups is 3. The van der Waals surface area contributed by atoms with Gasteiger partial charge in [-0.3, -0.25) is 9.59 Å². The van der Waals surface area contributed by atoms with Crippen LogP contribution in [0.25, 0.3) is 22.1 Å². The van der Waals surface area contributed by atoms with E-state index < -0.39 is 42.2 Å². The van der Waals surface area contributed by atoms with Crippen molar-refractivity contribution in [3.63, 3.8) is 0 Å². The molecule has 16 heteroatoms. The number of carboxylic acids is 2. The highest BCUT2D eigenvalue weighted by atomic mass is 32.1. The molecule has 10 nitrogen and oxygen atoms in total. The van der Waals surface area contributed by atoms with Crippen LogP contribution in [-0.4, -0.2) is 82.7 Å². The van der Waals surface area contributed by atoms with Crippen molar-refractivity contribution in [1.29, 1.82) is 0 Å². The molecule has 0 aliphatic heterocycles. The van der Waals surface area contributed by atoms with Gasteiger partial charge >= 0.3 is 18.1 Å². The molecular formula is C27H24F5N3O7S. The number of halogens is 5. The maximum atomic E-state index is 14.0. The Bertz CT molecular complexity index is 1590. The topological polar surface area (TPSA) is 133 Å². The van der Waals surface area contributed by atoms with Gasteiger partial charge in [-0.05, 0) is 43.9 Å². The molecule has 0 fully saturated rings. The zero-order valence-corrected chi connectivity index (χ0v) is 23.3. The molecular weight excluding hydrogens is 605 g/mol. The number of aromatic nitrogens is 1. The van der Waals surface area contributed by atoms with Gasteiger partial charge < -0.3 is 29.2 Å². The number of alkyl halides is 3. The third kappa shape index (κ3) is 8.96. The van der Waals surface area contributed by atoms with E-state index in [-0.39, 0.29) is 29.8 Å². The number of furan rings is 1. The summed E-state index contributed by atoms with van der Waals surface area (Å²) in [7, 11) is 3.67. The number of amides is 1. The van der Waals surface area contributed by atoms with Crippen molar-refractivity contribution < 1.29 is 55.7 Å². The Hall–Kier alpha value is -4.57. The van der Waals surface area contributed by atoms with Crippen molar-refractivity contribution >= 4 is 40.2 Å². The molecule has 0 bridgehead atoms. The fraction of sp³-hybridized carbons (Fsp3) is 0.259. The molecule has 0 radical (unpaired) electrons. The summed E-state index contributed by atoms with van der Waals surface area (Å²) in [4.78, 5) is 40.2. The normalized spacial score (nSPS) is 11.3. The molecule has 43 heavy (non-hydrogen) atoms. The minimum absolute atomic E-state index is 0.0723. The molecule has 0 saturated heterocycles. The van der Waals surface area contributed by atoms with Crippen LogP contribution in [0.15, 0.2) is 52.5 Å². The van der Waals surface area contributed by atoms with Gasteiger partial charge in [0, 0.05) is 24.0 Å². The molecule has 2 aromatic carbocycles. The van der Waals surface area contributed by atoms with Gasteiger partial charge in [-0.25, -0.2) is 18.6 Å². The SMILES string of the molecule is CN(C)CCN(CC(=O)O)C(=O)c1csc(COc2ccc(-c3cc(F)c(F)c4ccoc34)cc2)n1.O=C(O)C(F)(F)F. The molecule has 4 aromatic rings. The van der Waals surface area contributed by atoms with Crippen molar-refractivity contribution in [3.8, 4) is 16.9 Å². The minimum atomic E-state index is -5.08. The number of likely N-dealkylation sites (N-methyl/N-ethyl adjacent to an activating group) is 1. The number of aliphatic carboxylic acids is 2. The van der Waals surface area contributed by atoms with Gasteiger partial charge in [0.05, 0.1) is 11.6 Å². The molecule has 0 aliphatic rings. The van der Waals surface area contributed by atoms with Gasteiger partial charge in [0.25, 0.3) is 5.91 Å². The first-order chi connectivity index (χ1) is 20.2. The number of thiazole rings is 1. The molecule has 2 N–H and O–H groups in total. The van der Waals surface area contributed by atoms with E-state index in [2.05, 4.69) is 4.98 Å². The van der Waals surface area contributed by atoms with E-state index in [0.29, 0.717) is 28.4 Å². The molecule has 0 unspecified atom stereocenters. The molecule has 2 heterocycles. The van der Waals surface area contributed by atoms with Crippen molar-refractivity contribution in [1.82, 2.24) is 14.8 Å². The average Bonchev–Trinajstić information content (AvgIpc) is 3.62. The van der Waals surface area contributed by atoms with Crippen molar-refractivity contribution in [3.05, 3.63) is 70.4 Å². The fourth-order valence-corrected chi connectivity index (χ4v) is 4.22. The van der Waals surface area contributed by atoms with E-state index in [0.717, 1.165) is 6.07 Å². The molecule has 230 valence electrons. The number of ether oxygens (including phenoxy) is 1. The Morgan fingerprint density at radius 3 is 2.28 bits per heavy atom. The monoisotopic (exact) mass is 629 g/mol.